The van der Waals surface area contributed by atoms with Gasteiger partial charge in [0.2, 0.25) is 0 Å². The van der Waals surface area contributed by atoms with E-state index in [1.54, 1.807) is 43.3 Å². The molecule has 3 amide bonds. The van der Waals surface area contributed by atoms with Crippen molar-refractivity contribution in [3.05, 3.63) is 71.1 Å². The average molecular weight is 453 g/mol. The Bertz CT molecular complexity index is 1120. The molecule has 0 fully saturated rings. The van der Waals surface area contributed by atoms with Gasteiger partial charge in [0, 0.05) is 5.69 Å². The second kappa shape index (κ2) is 10.8. The van der Waals surface area contributed by atoms with Crippen molar-refractivity contribution >= 4 is 23.6 Å². The molecule has 33 heavy (non-hydrogen) atoms. The van der Waals surface area contributed by atoms with Gasteiger partial charge in [0.25, 0.3) is 5.91 Å². The molecule has 0 bridgehead atoms. The van der Waals surface area contributed by atoms with E-state index < -0.39 is 24.5 Å². The molecule has 3 rings (SSSR count). The lowest BCUT2D eigenvalue weighted by atomic mass is 10.2. The summed E-state index contributed by atoms with van der Waals surface area (Å²) in [6.45, 7) is 3.20. The van der Waals surface area contributed by atoms with E-state index in [0.29, 0.717) is 22.9 Å². The van der Waals surface area contributed by atoms with Crippen molar-refractivity contribution in [2.75, 3.05) is 19.0 Å². The Balaban J connectivity index is 1.47. The van der Waals surface area contributed by atoms with E-state index in [9.17, 15) is 14.4 Å². The maximum Gasteiger partial charge on any atom is 0.338 e. The Morgan fingerprint density at radius 2 is 1.79 bits per heavy atom. The number of rotatable bonds is 8. The summed E-state index contributed by atoms with van der Waals surface area (Å²) in [5.41, 5.74) is 2.21. The maximum absolute atomic E-state index is 12.3. The van der Waals surface area contributed by atoms with Crippen molar-refractivity contribution in [3.8, 4) is 11.5 Å². The predicted octanol–water partition coefficient (Wildman–Crippen LogP) is 3.38. The number of methoxy groups -OCH3 is 1. The first-order valence-electron chi connectivity index (χ1n) is 9.92. The zero-order valence-corrected chi connectivity index (χ0v) is 18.3. The van der Waals surface area contributed by atoms with Crippen molar-refractivity contribution in [1.82, 2.24) is 10.5 Å². The number of benzene rings is 2. The average Bonchev–Trinajstić information content (AvgIpc) is 3.13. The SMILES string of the molecule is COc1ccc(NC(=O)NC(=O)COC(=O)c2cccc(OCc3c(C)noc3C)c2)cc1. The zero-order valence-electron chi connectivity index (χ0n) is 18.3. The van der Waals surface area contributed by atoms with Crippen LogP contribution >= 0.6 is 0 Å². The first-order valence-corrected chi connectivity index (χ1v) is 9.92. The summed E-state index contributed by atoms with van der Waals surface area (Å²) in [4.78, 5) is 36.1. The summed E-state index contributed by atoms with van der Waals surface area (Å²) in [5, 5.41) is 8.44. The molecular formula is C23H23N3O7. The Morgan fingerprint density at radius 1 is 1.03 bits per heavy atom. The molecule has 0 aliphatic rings. The second-order valence-electron chi connectivity index (χ2n) is 6.93. The van der Waals surface area contributed by atoms with Crippen molar-refractivity contribution in [2.45, 2.75) is 20.5 Å². The molecule has 10 nitrogen and oxygen atoms in total. The summed E-state index contributed by atoms with van der Waals surface area (Å²) >= 11 is 0. The smallest absolute Gasteiger partial charge is 0.338 e. The fourth-order valence-corrected chi connectivity index (χ4v) is 2.79. The van der Waals surface area contributed by atoms with Gasteiger partial charge in [-0.05, 0) is 56.3 Å². The lowest BCUT2D eigenvalue weighted by Crippen LogP contribution is -2.37. The number of nitrogens with zero attached hydrogens (tertiary/aromatic N) is 1. The van der Waals surface area contributed by atoms with Crippen LogP contribution in [0, 0.1) is 13.8 Å². The predicted molar refractivity (Wildman–Crippen MR) is 117 cm³/mol. The van der Waals surface area contributed by atoms with Gasteiger partial charge in [-0.1, -0.05) is 11.2 Å². The molecule has 0 unspecified atom stereocenters. The highest BCUT2D eigenvalue weighted by molar-refractivity contribution is 6.02. The number of hydrogen-bond donors (Lipinski definition) is 2. The highest BCUT2D eigenvalue weighted by Gasteiger charge is 2.14. The summed E-state index contributed by atoms with van der Waals surface area (Å²) < 4.78 is 20.8. The Kier molecular flexibility index (Phi) is 7.64. The minimum atomic E-state index is -0.778. The number of aryl methyl sites for hydroxylation is 2. The Morgan fingerprint density at radius 3 is 2.45 bits per heavy atom. The molecule has 0 aliphatic heterocycles. The van der Waals surface area contributed by atoms with E-state index in [4.69, 9.17) is 18.7 Å². The third-order valence-electron chi connectivity index (χ3n) is 4.57. The minimum absolute atomic E-state index is 0.196. The van der Waals surface area contributed by atoms with E-state index >= 15 is 0 Å². The normalized spacial score (nSPS) is 10.3. The number of anilines is 1. The van der Waals surface area contributed by atoms with Gasteiger partial charge in [-0.3, -0.25) is 10.1 Å². The number of carbonyl (C=O) groups excluding carboxylic acids is 3. The number of aromatic nitrogens is 1. The molecule has 1 heterocycles. The van der Waals surface area contributed by atoms with Gasteiger partial charge in [-0.2, -0.15) is 0 Å². The molecule has 0 saturated carbocycles. The molecule has 10 heteroatoms. The van der Waals surface area contributed by atoms with Gasteiger partial charge in [0.15, 0.2) is 6.61 Å². The lowest BCUT2D eigenvalue weighted by Gasteiger charge is -2.09. The molecule has 3 aromatic rings. The van der Waals surface area contributed by atoms with E-state index in [-0.39, 0.29) is 12.2 Å². The van der Waals surface area contributed by atoms with Crippen LogP contribution in [0.25, 0.3) is 0 Å². The fourth-order valence-electron chi connectivity index (χ4n) is 2.79. The molecule has 0 aliphatic carbocycles. The Hall–Kier alpha value is -4.34. The van der Waals surface area contributed by atoms with Crippen LogP contribution in [-0.2, 0) is 16.1 Å². The second-order valence-corrected chi connectivity index (χ2v) is 6.93. The van der Waals surface area contributed by atoms with Crippen LogP contribution < -0.4 is 20.1 Å². The van der Waals surface area contributed by atoms with Crippen molar-refractivity contribution in [3.63, 3.8) is 0 Å². The molecule has 0 spiro atoms. The van der Waals surface area contributed by atoms with Crippen LogP contribution in [-0.4, -0.2) is 36.8 Å². The highest BCUT2D eigenvalue weighted by Crippen LogP contribution is 2.19. The quantitative estimate of drug-likeness (QED) is 0.497. The number of imide groups is 1. The number of nitrogens with one attached hydrogen (secondary N) is 2. The number of ether oxygens (including phenoxy) is 3. The fraction of sp³-hybridized carbons (Fsp3) is 0.217. The van der Waals surface area contributed by atoms with Crippen LogP contribution in [0.15, 0.2) is 53.1 Å². The van der Waals surface area contributed by atoms with Crippen LogP contribution in [0.1, 0.15) is 27.4 Å². The van der Waals surface area contributed by atoms with Gasteiger partial charge < -0.3 is 24.1 Å². The molecule has 2 aromatic carbocycles. The van der Waals surface area contributed by atoms with Gasteiger partial charge in [0.05, 0.1) is 23.9 Å². The number of amides is 3. The van der Waals surface area contributed by atoms with Crippen molar-refractivity contribution in [1.29, 1.82) is 0 Å². The van der Waals surface area contributed by atoms with Crippen LogP contribution in [0.3, 0.4) is 0 Å². The first kappa shape index (κ1) is 23.3. The summed E-state index contributed by atoms with van der Waals surface area (Å²) in [6, 6.07) is 12.1. The van der Waals surface area contributed by atoms with Gasteiger partial charge >= 0.3 is 12.0 Å². The number of carbonyl (C=O) groups is 3. The molecule has 1 aromatic heterocycles. The maximum atomic E-state index is 12.3. The molecule has 0 atom stereocenters. The summed E-state index contributed by atoms with van der Waals surface area (Å²) in [5.74, 6) is 0.212. The van der Waals surface area contributed by atoms with E-state index in [1.165, 1.54) is 19.2 Å². The standard InChI is InChI=1S/C23H23N3O7/c1-14-20(15(2)33-26-14)12-31-19-6-4-5-16(11-19)22(28)32-13-21(27)25-23(29)24-17-7-9-18(30-3)10-8-17/h4-11H,12-13H2,1-3H3,(H2,24,25,27,29). The molecule has 172 valence electrons. The van der Waals surface area contributed by atoms with Gasteiger partial charge in [0.1, 0.15) is 23.9 Å². The highest BCUT2D eigenvalue weighted by atomic mass is 16.5. The summed E-state index contributed by atoms with van der Waals surface area (Å²) in [6.07, 6.45) is 0. The van der Waals surface area contributed by atoms with Crippen LogP contribution in [0.2, 0.25) is 0 Å². The number of hydrogen-bond acceptors (Lipinski definition) is 8. The molecule has 2 N–H and O–H groups in total. The van der Waals surface area contributed by atoms with Gasteiger partial charge in [-0.15, -0.1) is 0 Å². The molecule has 0 radical (unpaired) electrons. The minimum Gasteiger partial charge on any atom is -0.497 e. The van der Waals surface area contributed by atoms with Gasteiger partial charge in [-0.25, -0.2) is 9.59 Å². The van der Waals surface area contributed by atoms with Crippen LogP contribution in [0.4, 0.5) is 10.5 Å². The van der Waals surface area contributed by atoms with Crippen LogP contribution in [0.5, 0.6) is 11.5 Å². The third kappa shape index (κ3) is 6.57. The number of esters is 1. The first-order chi connectivity index (χ1) is 15.9. The number of urea groups is 1. The topological polar surface area (TPSA) is 129 Å². The summed E-state index contributed by atoms with van der Waals surface area (Å²) in [7, 11) is 1.53. The lowest BCUT2D eigenvalue weighted by molar-refractivity contribution is -0.123. The van der Waals surface area contributed by atoms with E-state index in [1.807, 2.05) is 6.92 Å². The van der Waals surface area contributed by atoms with E-state index in [2.05, 4.69) is 15.8 Å². The Labute approximate surface area is 189 Å². The van der Waals surface area contributed by atoms with Crippen molar-refractivity contribution in [2.24, 2.45) is 0 Å². The largest absolute Gasteiger partial charge is 0.497 e. The molecule has 0 saturated heterocycles. The molecular weight excluding hydrogens is 430 g/mol. The monoisotopic (exact) mass is 453 g/mol. The van der Waals surface area contributed by atoms with Crippen molar-refractivity contribution < 1.29 is 33.1 Å². The zero-order chi connectivity index (χ0) is 23.8. The van der Waals surface area contributed by atoms with E-state index in [0.717, 1.165) is 11.3 Å². The third-order valence-corrected chi connectivity index (χ3v) is 4.57.